The smallest absolute Gasteiger partial charge is 0.416 e. The molecule has 0 unspecified atom stereocenters. The second-order valence-electron chi connectivity index (χ2n) is 8.69. The number of thiazole rings is 1. The minimum atomic E-state index is -4.53. The van der Waals surface area contributed by atoms with Crippen LogP contribution in [0.1, 0.15) is 16.9 Å². The molecule has 0 aliphatic carbocycles. The number of rotatable bonds is 9. The topological polar surface area (TPSA) is 82.1 Å². The molecule has 0 atom stereocenters. The fourth-order valence-corrected chi connectivity index (χ4v) is 6.12. The van der Waals surface area contributed by atoms with Gasteiger partial charge in [-0.3, -0.25) is 14.2 Å². The first-order chi connectivity index (χ1) is 19.2. The predicted molar refractivity (Wildman–Crippen MR) is 151 cm³/mol. The van der Waals surface area contributed by atoms with Crippen molar-refractivity contribution in [3.05, 3.63) is 104 Å². The number of nitrogens with zero attached hydrogens (tertiary/aromatic N) is 3. The standard InChI is InChI=1S/C27H21F3N4O3S3/c28-27(29,30)18-8-4-9-19(14-18)31-21(35)16-39-25-32-23-22(24(36)34(25)15-20-10-5-13-37-20)40-26(38)33(23)12-11-17-6-2-1-3-7-17/h1-10,13-14H,11-12,15-16H2,(H,31,35). The molecule has 7 nitrogen and oxygen atoms in total. The lowest BCUT2D eigenvalue weighted by Crippen LogP contribution is -2.24. The first-order valence-electron chi connectivity index (χ1n) is 12.0. The van der Waals surface area contributed by atoms with Gasteiger partial charge in [0.05, 0.1) is 24.1 Å². The van der Waals surface area contributed by atoms with E-state index in [2.05, 4.69) is 5.32 Å². The highest BCUT2D eigenvalue weighted by Gasteiger charge is 2.30. The average Bonchev–Trinajstić information content (AvgIpc) is 3.56. The van der Waals surface area contributed by atoms with E-state index in [-0.39, 0.29) is 28.7 Å². The SMILES string of the molecule is O=C(CSc1nc2c(sc(=S)n2CCc2ccccc2)c(=O)n1Cc1ccco1)Nc1cccc(C(F)(F)F)c1. The van der Waals surface area contributed by atoms with Crippen LogP contribution in [-0.4, -0.2) is 25.8 Å². The van der Waals surface area contributed by atoms with Crippen LogP contribution in [0.15, 0.2) is 87.4 Å². The first-order valence-corrected chi connectivity index (χ1v) is 14.2. The maximum atomic E-state index is 13.6. The van der Waals surface area contributed by atoms with Crippen molar-refractivity contribution >= 4 is 57.3 Å². The Kier molecular flexibility index (Phi) is 8.24. The molecule has 0 saturated carbocycles. The maximum absolute atomic E-state index is 13.6. The second kappa shape index (κ2) is 11.8. The van der Waals surface area contributed by atoms with Gasteiger partial charge in [-0.05, 0) is 54.5 Å². The summed E-state index contributed by atoms with van der Waals surface area (Å²) in [4.78, 5) is 31.0. The van der Waals surface area contributed by atoms with Crippen LogP contribution in [0.3, 0.4) is 0 Å². The van der Waals surface area contributed by atoms with E-state index in [4.69, 9.17) is 21.6 Å². The predicted octanol–water partition coefficient (Wildman–Crippen LogP) is 6.62. The number of fused-ring (bicyclic) bond motifs is 1. The molecule has 0 fully saturated rings. The van der Waals surface area contributed by atoms with Crippen molar-refractivity contribution < 1.29 is 22.4 Å². The number of carbonyl (C=O) groups is 1. The van der Waals surface area contributed by atoms with E-state index >= 15 is 0 Å². The third-order valence-corrected chi connectivity index (χ3v) is 8.31. The van der Waals surface area contributed by atoms with Crippen LogP contribution >= 0.6 is 35.3 Å². The van der Waals surface area contributed by atoms with Gasteiger partial charge in [-0.1, -0.05) is 59.5 Å². The van der Waals surface area contributed by atoms with Crippen molar-refractivity contribution in [1.82, 2.24) is 14.1 Å². The number of alkyl halides is 3. The van der Waals surface area contributed by atoms with Crippen LogP contribution in [0.25, 0.3) is 10.3 Å². The third kappa shape index (κ3) is 6.37. The van der Waals surface area contributed by atoms with Gasteiger partial charge in [0.25, 0.3) is 5.56 Å². The summed E-state index contributed by atoms with van der Waals surface area (Å²) in [5.41, 5.74) is 0.360. The van der Waals surface area contributed by atoms with Gasteiger partial charge in [0.15, 0.2) is 14.8 Å². The summed E-state index contributed by atoms with van der Waals surface area (Å²) in [6.07, 6.45) is -2.36. The molecular formula is C27H21F3N4O3S3. The summed E-state index contributed by atoms with van der Waals surface area (Å²) in [7, 11) is 0. The molecule has 0 spiro atoms. The van der Waals surface area contributed by atoms with Gasteiger partial charge in [0.1, 0.15) is 10.5 Å². The fourth-order valence-electron chi connectivity index (χ4n) is 4.00. The molecule has 0 bridgehead atoms. The number of nitrogens with one attached hydrogen (secondary N) is 1. The monoisotopic (exact) mass is 602 g/mol. The van der Waals surface area contributed by atoms with Crippen LogP contribution < -0.4 is 10.9 Å². The van der Waals surface area contributed by atoms with Crippen molar-refractivity contribution in [3.63, 3.8) is 0 Å². The van der Waals surface area contributed by atoms with Crippen molar-refractivity contribution in [2.24, 2.45) is 0 Å². The Labute approximate surface area is 239 Å². The zero-order chi connectivity index (χ0) is 28.3. The molecule has 0 saturated heterocycles. The van der Waals surface area contributed by atoms with E-state index in [0.29, 0.717) is 33.0 Å². The number of anilines is 1. The van der Waals surface area contributed by atoms with Crippen LogP contribution in [0, 0.1) is 3.95 Å². The fraction of sp³-hybridized carbons (Fsp3) is 0.185. The van der Waals surface area contributed by atoms with E-state index in [1.54, 1.807) is 12.1 Å². The van der Waals surface area contributed by atoms with E-state index in [9.17, 15) is 22.8 Å². The van der Waals surface area contributed by atoms with Crippen LogP contribution in [0.5, 0.6) is 0 Å². The Morgan fingerprint density at radius 2 is 1.88 bits per heavy atom. The molecule has 5 rings (SSSR count). The molecule has 1 N–H and O–H groups in total. The number of carbonyl (C=O) groups excluding carboxylic acids is 1. The minimum Gasteiger partial charge on any atom is -0.467 e. The number of aryl methyl sites for hydroxylation is 2. The van der Waals surface area contributed by atoms with Gasteiger partial charge >= 0.3 is 6.18 Å². The third-order valence-electron chi connectivity index (χ3n) is 5.91. The Morgan fingerprint density at radius 3 is 2.60 bits per heavy atom. The van der Waals surface area contributed by atoms with Gasteiger partial charge < -0.3 is 14.3 Å². The van der Waals surface area contributed by atoms with E-state index in [1.807, 2.05) is 34.9 Å². The molecular weight excluding hydrogens is 582 g/mol. The lowest BCUT2D eigenvalue weighted by molar-refractivity contribution is -0.137. The molecule has 0 radical (unpaired) electrons. The van der Waals surface area contributed by atoms with Crippen molar-refractivity contribution in [3.8, 4) is 0 Å². The van der Waals surface area contributed by atoms with Crippen molar-refractivity contribution in [2.75, 3.05) is 11.1 Å². The lowest BCUT2D eigenvalue weighted by atomic mass is 10.1. The molecule has 0 aliphatic heterocycles. The van der Waals surface area contributed by atoms with Gasteiger partial charge in [-0.15, -0.1) is 0 Å². The lowest BCUT2D eigenvalue weighted by Gasteiger charge is -2.13. The summed E-state index contributed by atoms with van der Waals surface area (Å²) in [5, 5.41) is 2.74. The van der Waals surface area contributed by atoms with Crippen molar-refractivity contribution in [2.45, 2.75) is 30.8 Å². The molecule has 40 heavy (non-hydrogen) atoms. The summed E-state index contributed by atoms with van der Waals surface area (Å²) in [6.45, 7) is 0.596. The Morgan fingerprint density at radius 1 is 1.07 bits per heavy atom. The second-order valence-corrected chi connectivity index (χ2v) is 11.3. The van der Waals surface area contributed by atoms with Crippen molar-refractivity contribution in [1.29, 1.82) is 0 Å². The van der Waals surface area contributed by atoms with Crippen LogP contribution in [0.2, 0.25) is 0 Å². The Balaban J connectivity index is 1.43. The highest BCUT2D eigenvalue weighted by atomic mass is 32.2. The summed E-state index contributed by atoms with van der Waals surface area (Å²) < 4.78 is 48.7. The highest BCUT2D eigenvalue weighted by molar-refractivity contribution is 7.99. The molecule has 13 heteroatoms. The molecule has 5 aromatic rings. The van der Waals surface area contributed by atoms with Crippen LogP contribution in [-0.2, 0) is 30.5 Å². The largest absolute Gasteiger partial charge is 0.467 e. The average molecular weight is 603 g/mol. The normalized spacial score (nSPS) is 11.7. The quantitative estimate of drug-likeness (QED) is 0.116. The molecule has 3 heterocycles. The molecule has 0 aliphatic rings. The molecule has 206 valence electrons. The number of amides is 1. The number of hydrogen-bond donors (Lipinski definition) is 1. The Hall–Kier alpha value is -3.68. The maximum Gasteiger partial charge on any atom is 0.416 e. The number of thioether (sulfide) groups is 1. The first kappa shape index (κ1) is 27.9. The van der Waals surface area contributed by atoms with Gasteiger partial charge in [-0.2, -0.15) is 13.2 Å². The number of aromatic nitrogens is 3. The van der Waals surface area contributed by atoms with Gasteiger partial charge in [-0.25, -0.2) is 4.98 Å². The molecule has 1 amide bonds. The number of halogens is 3. The molecule has 2 aromatic carbocycles. The number of furan rings is 1. The minimum absolute atomic E-state index is 0.0177. The zero-order valence-corrected chi connectivity index (χ0v) is 23.1. The summed E-state index contributed by atoms with van der Waals surface area (Å²) in [6, 6.07) is 17.7. The van der Waals surface area contributed by atoms with E-state index < -0.39 is 17.6 Å². The van der Waals surface area contributed by atoms with Gasteiger partial charge in [0.2, 0.25) is 5.91 Å². The Bertz CT molecular complexity index is 1760. The van der Waals surface area contributed by atoms with Gasteiger partial charge in [0, 0.05) is 12.2 Å². The number of hydrogen-bond acceptors (Lipinski definition) is 7. The number of benzene rings is 2. The highest BCUT2D eigenvalue weighted by Crippen LogP contribution is 2.31. The zero-order valence-electron chi connectivity index (χ0n) is 20.7. The summed E-state index contributed by atoms with van der Waals surface area (Å²) in [5.74, 6) is -0.221. The molecule has 3 aromatic heterocycles. The van der Waals surface area contributed by atoms with E-state index in [0.717, 1.165) is 29.5 Å². The van der Waals surface area contributed by atoms with E-state index in [1.165, 1.54) is 34.3 Å². The summed E-state index contributed by atoms with van der Waals surface area (Å²) >= 11 is 7.75. The van der Waals surface area contributed by atoms with Crippen LogP contribution in [0.4, 0.5) is 18.9 Å².